The van der Waals surface area contributed by atoms with E-state index in [1.165, 1.54) is 11.8 Å². The highest BCUT2D eigenvalue weighted by molar-refractivity contribution is 7.99. The zero-order chi connectivity index (χ0) is 12.7. The van der Waals surface area contributed by atoms with Crippen molar-refractivity contribution >= 4 is 17.7 Å². The molecular weight excluding hydrogens is 238 g/mol. The molecule has 0 spiro atoms. The van der Waals surface area contributed by atoms with Crippen LogP contribution >= 0.6 is 11.8 Å². The Labute approximate surface area is 105 Å². The SMILES string of the molecule is CCCn1c(CN)nnc1SCCC(=O)NC. The molecule has 3 N–H and O–H groups in total. The molecular formula is C10H19N5OS. The van der Waals surface area contributed by atoms with Gasteiger partial charge in [0.15, 0.2) is 5.16 Å². The lowest BCUT2D eigenvalue weighted by molar-refractivity contribution is -0.120. The van der Waals surface area contributed by atoms with Crippen LogP contribution in [0.5, 0.6) is 0 Å². The van der Waals surface area contributed by atoms with Crippen LogP contribution in [-0.4, -0.2) is 33.5 Å². The van der Waals surface area contributed by atoms with Crippen LogP contribution in [0.2, 0.25) is 0 Å². The van der Waals surface area contributed by atoms with Gasteiger partial charge in [-0.05, 0) is 6.42 Å². The van der Waals surface area contributed by atoms with Gasteiger partial charge >= 0.3 is 0 Å². The predicted molar refractivity (Wildman–Crippen MR) is 67.6 cm³/mol. The molecule has 0 atom stereocenters. The van der Waals surface area contributed by atoms with E-state index in [2.05, 4.69) is 22.4 Å². The summed E-state index contributed by atoms with van der Waals surface area (Å²) in [4.78, 5) is 11.1. The molecule has 0 aliphatic heterocycles. The van der Waals surface area contributed by atoms with Gasteiger partial charge in [0, 0.05) is 25.8 Å². The molecule has 0 unspecified atom stereocenters. The quantitative estimate of drug-likeness (QED) is 0.689. The lowest BCUT2D eigenvalue weighted by Crippen LogP contribution is -2.18. The molecule has 1 heterocycles. The number of rotatable bonds is 7. The van der Waals surface area contributed by atoms with Crippen molar-refractivity contribution in [1.29, 1.82) is 0 Å². The number of thioether (sulfide) groups is 1. The van der Waals surface area contributed by atoms with E-state index in [9.17, 15) is 4.79 Å². The molecule has 7 heteroatoms. The maximum Gasteiger partial charge on any atom is 0.220 e. The topological polar surface area (TPSA) is 85.8 Å². The Morgan fingerprint density at radius 3 is 2.88 bits per heavy atom. The highest BCUT2D eigenvalue weighted by Crippen LogP contribution is 2.18. The number of carbonyl (C=O) groups excluding carboxylic acids is 1. The van der Waals surface area contributed by atoms with Crippen molar-refractivity contribution in [2.24, 2.45) is 5.73 Å². The fourth-order valence-electron chi connectivity index (χ4n) is 1.38. The number of nitrogens with one attached hydrogen (secondary N) is 1. The number of nitrogens with zero attached hydrogens (tertiary/aromatic N) is 3. The van der Waals surface area contributed by atoms with E-state index >= 15 is 0 Å². The number of carbonyl (C=O) groups is 1. The van der Waals surface area contributed by atoms with Crippen LogP contribution in [0.15, 0.2) is 5.16 Å². The second-order valence-electron chi connectivity index (χ2n) is 3.53. The highest BCUT2D eigenvalue weighted by Gasteiger charge is 2.10. The molecule has 0 aromatic carbocycles. The van der Waals surface area contributed by atoms with Gasteiger partial charge in [0.2, 0.25) is 5.91 Å². The first-order valence-electron chi connectivity index (χ1n) is 5.68. The van der Waals surface area contributed by atoms with E-state index in [0.29, 0.717) is 18.7 Å². The number of hydrogen-bond donors (Lipinski definition) is 2. The van der Waals surface area contributed by atoms with Crippen molar-refractivity contribution in [3.63, 3.8) is 0 Å². The molecule has 0 aliphatic rings. The summed E-state index contributed by atoms with van der Waals surface area (Å²) in [6, 6.07) is 0. The smallest absolute Gasteiger partial charge is 0.220 e. The van der Waals surface area contributed by atoms with Gasteiger partial charge in [0.1, 0.15) is 5.82 Å². The van der Waals surface area contributed by atoms with Gasteiger partial charge in [0.25, 0.3) is 0 Å². The molecule has 0 saturated carbocycles. The van der Waals surface area contributed by atoms with Gasteiger partial charge < -0.3 is 15.6 Å². The average molecular weight is 257 g/mol. The van der Waals surface area contributed by atoms with Crippen molar-refractivity contribution in [3.8, 4) is 0 Å². The third-order valence-electron chi connectivity index (χ3n) is 2.26. The lowest BCUT2D eigenvalue weighted by atomic mass is 10.4. The first kappa shape index (κ1) is 14.0. The zero-order valence-corrected chi connectivity index (χ0v) is 11.1. The van der Waals surface area contributed by atoms with E-state index in [-0.39, 0.29) is 5.91 Å². The predicted octanol–water partition coefficient (Wildman–Crippen LogP) is 0.375. The van der Waals surface area contributed by atoms with Gasteiger partial charge in [-0.3, -0.25) is 4.79 Å². The Morgan fingerprint density at radius 2 is 2.29 bits per heavy atom. The molecule has 0 aliphatic carbocycles. The third kappa shape index (κ3) is 4.01. The van der Waals surface area contributed by atoms with Crippen LogP contribution in [0, 0.1) is 0 Å². The number of hydrogen-bond acceptors (Lipinski definition) is 5. The molecule has 17 heavy (non-hydrogen) atoms. The number of aromatic nitrogens is 3. The molecule has 1 aromatic rings. The molecule has 96 valence electrons. The Hall–Kier alpha value is -1.08. The second kappa shape index (κ2) is 7.29. The minimum Gasteiger partial charge on any atom is -0.359 e. The summed E-state index contributed by atoms with van der Waals surface area (Å²) in [6.45, 7) is 3.35. The molecule has 1 amide bonds. The van der Waals surface area contributed by atoms with Crippen LogP contribution in [0.1, 0.15) is 25.6 Å². The second-order valence-corrected chi connectivity index (χ2v) is 4.59. The molecule has 1 aromatic heterocycles. The Balaban J connectivity index is 2.57. The van der Waals surface area contributed by atoms with E-state index in [0.717, 1.165) is 23.9 Å². The van der Waals surface area contributed by atoms with E-state index in [1.807, 2.05) is 4.57 Å². The summed E-state index contributed by atoms with van der Waals surface area (Å²) >= 11 is 1.54. The lowest BCUT2D eigenvalue weighted by Gasteiger charge is -2.07. The number of nitrogens with two attached hydrogens (primary N) is 1. The van der Waals surface area contributed by atoms with E-state index < -0.39 is 0 Å². The third-order valence-corrected chi connectivity index (χ3v) is 3.23. The Kier molecular flexibility index (Phi) is 5.99. The molecule has 1 rings (SSSR count). The van der Waals surface area contributed by atoms with Crippen LogP contribution in [0.25, 0.3) is 0 Å². The van der Waals surface area contributed by atoms with Crippen LogP contribution in [0.3, 0.4) is 0 Å². The fraction of sp³-hybridized carbons (Fsp3) is 0.700. The van der Waals surface area contributed by atoms with Crippen LogP contribution in [0.4, 0.5) is 0 Å². The first-order valence-corrected chi connectivity index (χ1v) is 6.67. The zero-order valence-electron chi connectivity index (χ0n) is 10.3. The monoisotopic (exact) mass is 257 g/mol. The summed E-state index contributed by atoms with van der Waals surface area (Å²) < 4.78 is 2.02. The van der Waals surface area contributed by atoms with Gasteiger partial charge in [-0.15, -0.1) is 10.2 Å². The van der Waals surface area contributed by atoms with Crippen LogP contribution < -0.4 is 11.1 Å². The van der Waals surface area contributed by atoms with Crippen molar-refractivity contribution in [2.75, 3.05) is 12.8 Å². The minimum atomic E-state index is 0.0399. The maximum atomic E-state index is 11.1. The fourth-order valence-corrected chi connectivity index (χ4v) is 2.31. The Bertz CT molecular complexity index is 366. The summed E-state index contributed by atoms with van der Waals surface area (Å²) in [5.41, 5.74) is 5.60. The van der Waals surface area contributed by atoms with Gasteiger partial charge in [0.05, 0.1) is 6.54 Å². The Morgan fingerprint density at radius 1 is 1.53 bits per heavy atom. The molecule has 0 radical (unpaired) electrons. The largest absolute Gasteiger partial charge is 0.359 e. The molecule has 0 bridgehead atoms. The minimum absolute atomic E-state index is 0.0399. The summed E-state index contributed by atoms with van der Waals surface area (Å²) in [5.74, 6) is 1.54. The van der Waals surface area contributed by atoms with E-state index in [1.54, 1.807) is 7.05 Å². The molecule has 6 nitrogen and oxygen atoms in total. The number of amides is 1. The van der Waals surface area contributed by atoms with Crippen LogP contribution in [-0.2, 0) is 17.9 Å². The van der Waals surface area contributed by atoms with Gasteiger partial charge in [-0.2, -0.15) is 0 Å². The summed E-state index contributed by atoms with van der Waals surface area (Å²) in [6.07, 6.45) is 1.49. The summed E-state index contributed by atoms with van der Waals surface area (Å²) in [7, 11) is 1.64. The normalized spacial score (nSPS) is 10.5. The van der Waals surface area contributed by atoms with E-state index in [4.69, 9.17) is 5.73 Å². The maximum absolute atomic E-state index is 11.1. The van der Waals surface area contributed by atoms with Crippen molar-refractivity contribution in [3.05, 3.63) is 5.82 Å². The van der Waals surface area contributed by atoms with Gasteiger partial charge in [-0.1, -0.05) is 18.7 Å². The standard InChI is InChI=1S/C10H19N5OS/c1-3-5-15-8(7-11)13-14-10(15)17-6-4-9(16)12-2/h3-7,11H2,1-2H3,(H,12,16). The molecule has 0 fully saturated rings. The first-order chi connectivity index (χ1) is 8.22. The van der Waals surface area contributed by atoms with Crippen molar-refractivity contribution < 1.29 is 4.79 Å². The van der Waals surface area contributed by atoms with Crippen molar-refractivity contribution in [1.82, 2.24) is 20.1 Å². The highest BCUT2D eigenvalue weighted by atomic mass is 32.2. The molecule has 0 saturated heterocycles. The average Bonchev–Trinajstić information content (AvgIpc) is 2.72. The van der Waals surface area contributed by atoms with Crippen molar-refractivity contribution in [2.45, 2.75) is 38.0 Å². The summed E-state index contributed by atoms with van der Waals surface area (Å²) in [5, 5.41) is 11.6. The van der Waals surface area contributed by atoms with Gasteiger partial charge in [-0.25, -0.2) is 0 Å².